The van der Waals surface area contributed by atoms with Crippen LogP contribution in [0.5, 0.6) is 0 Å². The van der Waals surface area contributed by atoms with Gasteiger partial charge in [0.1, 0.15) is 0 Å². The second kappa shape index (κ2) is 5.06. The molecular weight excluding hydrogens is 268 g/mol. The van der Waals surface area contributed by atoms with Gasteiger partial charge in [0.05, 0.1) is 5.92 Å². The van der Waals surface area contributed by atoms with E-state index in [0.717, 1.165) is 18.5 Å². The lowest BCUT2D eigenvalue weighted by molar-refractivity contribution is -0.142. The summed E-state index contributed by atoms with van der Waals surface area (Å²) in [5.41, 5.74) is 1.68. The minimum absolute atomic E-state index is 0.0310. The molecule has 5 nitrogen and oxygen atoms in total. The molecule has 3 unspecified atom stereocenters. The summed E-state index contributed by atoms with van der Waals surface area (Å²) in [6.07, 6.45) is 2.33. The predicted octanol–water partition coefficient (Wildman–Crippen LogP) is 1.83. The van der Waals surface area contributed by atoms with Gasteiger partial charge in [-0.3, -0.25) is 9.59 Å². The molecule has 0 aromatic heterocycles. The number of carbonyl (C=O) groups is 2. The third-order valence-corrected chi connectivity index (χ3v) is 4.72. The topological polar surface area (TPSA) is 60.9 Å². The first kappa shape index (κ1) is 13.9. The number of rotatable bonds is 3. The first-order chi connectivity index (χ1) is 9.99. The van der Waals surface area contributed by atoms with Gasteiger partial charge < -0.3 is 14.9 Å². The van der Waals surface area contributed by atoms with Crippen LogP contribution in [-0.2, 0) is 4.79 Å². The van der Waals surface area contributed by atoms with Crippen molar-refractivity contribution in [3.8, 4) is 0 Å². The number of anilines is 1. The second-order valence-electron chi connectivity index (χ2n) is 6.13. The number of fused-ring (bicyclic) bond motifs is 2. The van der Waals surface area contributed by atoms with Crippen LogP contribution in [0.4, 0.5) is 5.69 Å². The van der Waals surface area contributed by atoms with Gasteiger partial charge in [0.2, 0.25) is 0 Å². The second-order valence-corrected chi connectivity index (χ2v) is 6.13. The van der Waals surface area contributed by atoms with Gasteiger partial charge in [-0.05, 0) is 43.5 Å². The van der Waals surface area contributed by atoms with Crippen molar-refractivity contribution in [2.24, 2.45) is 5.92 Å². The molecule has 0 radical (unpaired) electrons. The van der Waals surface area contributed by atoms with Gasteiger partial charge in [-0.15, -0.1) is 0 Å². The van der Waals surface area contributed by atoms with Crippen molar-refractivity contribution >= 4 is 17.6 Å². The average Bonchev–Trinajstić information content (AvgIpc) is 3.04. The van der Waals surface area contributed by atoms with Crippen molar-refractivity contribution in [1.29, 1.82) is 0 Å². The Bertz CT molecular complexity index is 567. The van der Waals surface area contributed by atoms with Crippen molar-refractivity contribution in [3.63, 3.8) is 0 Å². The quantitative estimate of drug-likeness (QED) is 0.922. The molecule has 2 aliphatic heterocycles. The largest absolute Gasteiger partial charge is 0.481 e. The Morgan fingerprint density at radius 2 is 1.86 bits per heavy atom. The third-order valence-electron chi connectivity index (χ3n) is 4.72. The van der Waals surface area contributed by atoms with Crippen LogP contribution in [0.3, 0.4) is 0 Å². The Morgan fingerprint density at radius 1 is 1.19 bits per heavy atom. The lowest BCUT2D eigenvalue weighted by Gasteiger charge is -2.23. The lowest BCUT2D eigenvalue weighted by Crippen LogP contribution is -2.37. The molecule has 3 rings (SSSR count). The van der Waals surface area contributed by atoms with E-state index in [-0.39, 0.29) is 18.0 Å². The standard InChI is InChI=1S/C16H20N2O3/c1-17(2)11-5-3-10(4-6-11)15(19)18-12-7-8-14(18)13(9-12)16(20)21/h3-6,12-14H,7-9H2,1-2H3,(H,20,21). The molecule has 2 bridgehead atoms. The smallest absolute Gasteiger partial charge is 0.308 e. The number of hydrogen-bond donors (Lipinski definition) is 1. The summed E-state index contributed by atoms with van der Waals surface area (Å²) in [6.45, 7) is 0. The molecule has 2 heterocycles. The molecular formula is C16H20N2O3. The van der Waals surface area contributed by atoms with Gasteiger partial charge in [-0.2, -0.15) is 0 Å². The van der Waals surface area contributed by atoms with E-state index >= 15 is 0 Å². The van der Waals surface area contributed by atoms with E-state index in [1.165, 1.54) is 0 Å². The normalized spacial score (nSPS) is 27.0. The Balaban J connectivity index is 1.81. The maximum absolute atomic E-state index is 12.7. The van der Waals surface area contributed by atoms with E-state index in [9.17, 15) is 14.7 Å². The Kier molecular flexibility index (Phi) is 3.35. The summed E-state index contributed by atoms with van der Waals surface area (Å²) in [7, 11) is 3.91. The summed E-state index contributed by atoms with van der Waals surface area (Å²) in [4.78, 5) is 27.7. The number of carboxylic acid groups (broad SMARTS) is 1. The zero-order chi connectivity index (χ0) is 15.1. The van der Waals surface area contributed by atoms with Crippen LogP contribution in [0.1, 0.15) is 29.6 Å². The summed E-state index contributed by atoms with van der Waals surface area (Å²) in [5.74, 6) is -1.20. The molecule has 2 saturated heterocycles. The zero-order valence-corrected chi connectivity index (χ0v) is 12.3. The Labute approximate surface area is 124 Å². The number of benzene rings is 1. The van der Waals surface area contributed by atoms with Gasteiger partial charge >= 0.3 is 5.97 Å². The number of hydrogen-bond acceptors (Lipinski definition) is 3. The fourth-order valence-electron chi connectivity index (χ4n) is 3.62. The maximum atomic E-state index is 12.7. The molecule has 2 aliphatic rings. The molecule has 1 aromatic carbocycles. The summed E-state index contributed by atoms with van der Waals surface area (Å²) in [5, 5.41) is 9.26. The van der Waals surface area contributed by atoms with Gasteiger partial charge in [-0.25, -0.2) is 0 Å². The van der Waals surface area contributed by atoms with Crippen molar-refractivity contribution < 1.29 is 14.7 Å². The highest BCUT2D eigenvalue weighted by Gasteiger charge is 2.51. The van der Waals surface area contributed by atoms with Crippen LogP contribution in [0.15, 0.2) is 24.3 Å². The minimum atomic E-state index is -0.775. The molecule has 0 spiro atoms. The van der Waals surface area contributed by atoms with Crippen molar-refractivity contribution in [2.75, 3.05) is 19.0 Å². The van der Waals surface area contributed by atoms with Crippen LogP contribution in [0.25, 0.3) is 0 Å². The van der Waals surface area contributed by atoms with Crippen LogP contribution < -0.4 is 4.90 Å². The molecule has 21 heavy (non-hydrogen) atoms. The maximum Gasteiger partial charge on any atom is 0.308 e. The molecule has 1 N–H and O–H groups in total. The number of aliphatic carboxylic acids is 1. The molecule has 2 fully saturated rings. The first-order valence-corrected chi connectivity index (χ1v) is 7.32. The van der Waals surface area contributed by atoms with Gasteiger partial charge in [0.25, 0.3) is 5.91 Å². The molecule has 0 saturated carbocycles. The van der Waals surface area contributed by atoms with Crippen LogP contribution in [0, 0.1) is 5.92 Å². The van der Waals surface area contributed by atoms with E-state index in [2.05, 4.69) is 0 Å². The van der Waals surface area contributed by atoms with Crippen molar-refractivity contribution in [3.05, 3.63) is 29.8 Å². The van der Waals surface area contributed by atoms with Crippen LogP contribution >= 0.6 is 0 Å². The highest BCUT2D eigenvalue weighted by molar-refractivity contribution is 5.96. The highest BCUT2D eigenvalue weighted by Crippen LogP contribution is 2.42. The summed E-state index contributed by atoms with van der Waals surface area (Å²) >= 11 is 0. The zero-order valence-electron chi connectivity index (χ0n) is 12.3. The SMILES string of the molecule is CN(C)c1ccc(C(=O)N2C3CCC2C(C(=O)O)C3)cc1. The number of amides is 1. The monoisotopic (exact) mass is 288 g/mol. The van der Waals surface area contributed by atoms with E-state index in [4.69, 9.17) is 0 Å². The molecule has 3 atom stereocenters. The Hall–Kier alpha value is -2.04. The molecule has 112 valence electrons. The first-order valence-electron chi connectivity index (χ1n) is 7.32. The number of nitrogens with zero attached hydrogens (tertiary/aromatic N) is 2. The summed E-state index contributed by atoms with van der Waals surface area (Å²) < 4.78 is 0. The van der Waals surface area contributed by atoms with Crippen LogP contribution in [0.2, 0.25) is 0 Å². The third kappa shape index (κ3) is 2.26. The molecule has 1 aromatic rings. The van der Waals surface area contributed by atoms with E-state index in [0.29, 0.717) is 12.0 Å². The van der Waals surface area contributed by atoms with E-state index in [1.54, 1.807) is 0 Å². The highest BCUT2D eigenvalue weighted by atomic mass is 16.4. The van der Waals surface area contributed by atoms with Crippen molar-refractivity contribution in [2.45, 2.75) is 31.3 Å². The lowest BCUT2D eigenvalue weighted by atomic mass is 9.89. The van der Waals surface area contributed by atoms with E-state index in [1.807, 2.05) is 48.2 Å². The average molecular weight is 288 g/mol. The fraction of sp³-hybridized carbons (Fsp3) is 0.500. The molecule has 5 heteroatoms. The number of carboxylic acids is 1. The van der Waals surface area contributed by atoms with Crippen molar-refractivity contribution in [1.82, 2.24) is 4.90 Å². The minimum Gasteiger partial charge on any atom is -0.481 e. The van der Waals surface area contributed by atoms with Crippen LogP contribution in [-0.4, -0.2) is 48.1 Å². The van der Waals surface area contributed by atoms with Gasteiger partial charge in [0, 0.05) is 37.4 Å². The van der Waals surface area contributed by atoms with E-state index < -0.39 is 11.9 Å². The predicted molar refractivity (Wildman–Crippen MR) is 79.5 cm³/mol. The molecule has 1 amide bonds. The molecule has 0 aliphatic carbocycles. The Morgan fingerprint density at radius 3 is 2.38 bits per heavy atom. The fourth-order valence-corrected chi connectivity index (χ4v) is 3.62. The number of carbonyl (C=O) groups excluding carboxylic acids is 1. The van der Waals surface area contributed by atoms with Gasteiger partial charge in [-0.1, -0.05) is 0 Å². The van der Waals surface area contributed by atoms with Gasteiger partial charge in [0.15, 0.2) is 0 Å². The summed E-state index contributed by atoms with van der Waals surface area (Å²) in [6, 6.07) is 7.45.